The molecule has 3 nitrogen and oxygen atoms in total. The molecule has 1 atom stereocenters. The Bertz CT molecular complexity index is 367. The summed E-state index contributed by atoms with van der Waals surface area (Å²) in [7, 11) is 1.54. The average Bonchev–Trinajstić information content (AvgIpc) is 2.54. The smallest absolute Gasteiger partial charge is 0.342 e. The fourth-order valence-corrected chi connectivity index (χ4v) is 2.68. The van der Waals surface area contributed by atoms with E-state index < -0.39 is 6.29 Å². The Morgan fingerprint density at radius 1 is 1.38 bits per heavy atom. The summed E-state index contributed by atoms with van der Waals surface area (Å²) in [6.07, 6.45) is -0.493. The number of cyclic esters (lactones) is 1. The number of carbonyl (C=O) groups excluding carboxylic acids is 1. The Balaban J connectivity index is 2.60. The molecule has 0 saturated carbocycles. The number of methoxy groups -OCH3 is 1. The lowest BCUT2D eigenvalue weighted by Gasteiger charge is -2.07. The monoisotopic (exact) mass is 198 g/mol. The fourth-order valence-electron chi connectivity index (χ4n) is 1.62. The normalized spacial score (nSPS) is 20.2. The lowest BCUT2D eigenvalue weighted by atomic mass is 10.1. The third-order valence-corrected chi connectivity index (χ3v) is 3.21. The second-order valence-corrected chi connectivity index (χ2v) is 4.40. The van der Waals surface area contributed by atoms with Crippen LogP contribution in [0.5, 0.6) is 0 Å². The molecule has 0 bridgehead atoms. The maximum Gasteiger partial charge on any atom is 0.342 e. The predicted octanol–water partition coefficient (Wildman–Crippen LogP) is 2.18. The summed E-state index contributed by atoms with van der Waals surface area (Å²) >= 11 is 1.61. The van der Waals surface area contributed by atoms with Crippen LogP contribution in [0.3, 0.4) is 0 Å². The number of hydrogen-bond donors (Lipinski definition) is 0. The van der Waals surface area contributed by atoms with Gasteiger partial charge >= 0.3 is 5.97 Å². The number of aryl methyl sites for hydroxylation is 2. The van der Waals surface area contributed by atoms with Crippen LogP contribution in [-0.2, 0) is 9.47 Å². The molecular formula is C9H10O3S. The summed E-state index contributed by atoms with van der Waals surface area (Å²) in [5, 5.41) is 0. The summed E-state index contributed by atoms with van der Waals surface area (Å²) < 4.78 is 10.1. The first-order chi connectivity index (χ1) is 6.15. The van der Waals surface area contributed by atoms with Crippen molar-refractivity contribution in [1.82, 2.24) is 0 Å². The highest BCUT2D eigenvalue weighted by atomic mass is 32.1. The number of esters is 1. The van der Waals surface area contributed by atoms with Gasteiger partial charge < -0.3 is 9.47 Å². The molecule has 1 unspecified atom stereocenters. The quantitative estimate of drug-likeness (QED) is 0.649. The topological polar surface area (TPSA) is 35.5 Å². The van der Waals surface area contributed by atoms with Crippen molar-refractivity contribution < 1.29 is 14.3 Å². The van der Waals surface area contributed by atoms with Gasteiger partial charge in [0.1, 0.15) is 0 Å². The lowest BCUT2D eigenvalue weighted by Crippen LogP contribution is -2.01. The minimum Gasteiger partial charge on any atom is -0.428 e. The second kappa shape index (κ2) is 2.82. The van der Waals surface area contributed by atoms with E-state index in [0.717, 1.165) is 15.3 Å². The molecule has 0 fully saturated rings. The van der Waals surface area contributed by atoms with Gasteiger partial charge in [-0.05, 0) is 13.8 Å². The maximum atomic E-state index is 11.4. The Labute approximate surface area is 80.3 Å². The minimum absolute atomic E-state index is 0.260. The van der Waals surface area contributed by atoms with Gasteiger partial charge in [-0.25, -0.2) is 4.79 Å². The Morgan fingerprint density at radius 2 is 2.08 bits per heavy atom. The molecule has 0 aliphatic carbocycles. The Kier molecular flexibility index (Phi) is 1.89. The van der Waals surface area contributed by atoms with E-state index in [1.165, 1.54) is 0 Å². The zero-order valence-electron chi connectivity index (χ0n) is 7.71. The van der Waals surface area contributed by atoms with Crippen molar-refractivity contribution in [2.75, 3.05) is 7.11 Å². The molecule has 70 valence electrons. The van der Waals surface area contributed by atoms with Crippen LogP contribution in [0.15, 0.2) is 0 Å². The van der Waals surface area contributed by atoms with Gasteiger partial charge in [0.05, 0.1) is 5.56 Å². The van der Waals surface area contributed by atoms with Crippen molar-refractivity contribution in [2.45, 2.75) is 20.1 Å². The van der Waals surface area contributed by atoms with E-state index in [4.69, 9.17) is 9.47 Å². The molecule has 0 spiro atoms. The van der Waals surface area contributed by atoms with Gasteiger partial charge in [-0.2, -0.15) is 0 Å². The van der Waals surface area contributed by atoms with E-state index in [9.17, 15) is 4.79 Å². The zero-order valence-corrected chi connectivity index (χ0v) is 8.53. The van der Waals surface area contributed by atoms with E-state index in [1.54, 1.807) is 18.4 Å². The van der Waals surface area contributed by atoms with E-state index in [0.29, 0.717) is 5.56 Å². The van der Waals surface area contributed by atoms with Crippen LogP contribution < -0.4 is 0 Å². The summed E-state index contributed by atoms with van der Waals surface area (Å²) in [6.45, 7) is 3.90. The highest BCUT2D eigenvalue weighted by molar-refractivity contribution is 7.12. The van der Waals surface area contributed by atoms with Gasteiger partial charge in [0, 0.05) is 22.4 Å². The molecule has 0 amide bonds. The highest BCUT2D eigenvalue weighted by Crippen LogP contribution is 2.39. The number of hydrogen-bond acceptors (Lipinski definition) is 4. The first-order valence-corrected chi connectivity index (χ1v) is 4.80. The lowest BCUT2D eigenvalue weighted by molar-refractivity contribution is -0.0817. The van der Waals surface area contributed by atoms with E-state index in [1.807, 2.05) is 13.8 Å². The Hall–Kier alpha value is -0.870. The predicted molar refractivity (Wildman–Crippen MR) is 49.0 cm³/mol. The van der Waals surface area contributed by atoms with Crippen LogP contribution in [0.1, 0.15) is 32.0 Å². The van der Waals surface area contributed by atoms with E-state index in [-0.39, 0.29) is 5.97 Å². The van der Waals surface area contributed by atoms with Crippen LogP contribution in [-0.4, -0.2) is 13.1 Å². The molecule has 13 heavy (non-hydrogen) atoms. The molecular weight excluding hydrogens is 188 g/mol. The van der Waals surface area contributed by atoms with E-state index in [2.05, 4.69) is 0 Å². The van der Waals surface area contributed by atoms with Crippen molar-refractivity contribution >= 4 is 17.3 Å². The molecule has 0 radical (unpaired) electrons. The molecule has 2 rings (SSSR count). The third-order valence-electron chi connectivity index (χ3n) is 2.17. The van der Waals surface area contributed by atoms with Crippen LogP contribution >= 0.6 is 11.3 Å². The SMILES string of the molecule is COC1OC(=O)c2c(C)sc(C)c21. The van der Waals surface area contributed by atoms with Crippen LogP contribution in [0.4, 0.5) is 0 Å². The molecule has 1 aliphatic heterocycles. The highest BCUT2D eigenvalue weighted by Gasteiger charge is 2.35. The molecule has 1 aromatic rings. The largest absolute Gasteiger partial charge is 0.428 e. The molecule has 0 saturated heterocycles. The van der Waals surface area contributed by atoms with Crippen LogP contribution in [0.25, 0.3) is 0 Å². The first-order valence-electron chi connectivity index (χ1n) is 3.98. The maximum absolute atomic E-state index is 11.4. The van der Waals surface area contributed by atoms with Crippen LogP contribution in [0.2, 0.25) is 0 Å². The Morgan fingerprint density at radius 3 is 2.69 bits per heavy atom. The third kappa shape index (κ3) is 1.09. The van der Waals surface area contributed by atoms with Crippen molar-refractivity contribution in [3.63, 3.8) is 0 Å². The van der Waals surface area contributed by atoms with Crippen molar-refractivity contribution in [3.8, 4) is 0 Å². The van der Waals surface area contributed by atoms with Crippen molar-refractivity contribution in [3.05, 3.63) is 20.9 Å². The molecule has 0 aromatic carbocycles. The van der Waals surface area contributed by atoms with Crippen LogP contribution in [0, 0.1) is 13.8 Å². The number of fused-ring (bicyclic) bond motifs is 1. The number of carbonyl (C=O) groups is 1. The average molecular weight is 198 g/mol. The van der Waals surface area contributed by atoms with Gasteiger partial charge in [0.2, 0.25) is 6.29 Å². The standard InChI is InChI=1S/C9H10O3S/c1-4-6-7(5(2)13-4)9(11-3)12-8(6)10/h9H,1-3H3. The zero-order chi connectivity index (χ0) is 9.59. The molecule has 2 heterocycles. The van der Waals surface area contributed by atoms with E-state index >= 15 is 0 Å². The molecule has 1 aliphatic rings. The number of ether oxygens (including phenoxy) is 2. The summed E-state index contributed by atoms with van der Waals surface area (Å²) in [4.78, 5) is 13.5. The summed E-state index contributed by atoms with van der Waals surface area (Å²) in [5.74, 6) is -0.260. The summed E-state index contributed by atoms with van der Waals surface area (Å²) in [5.41, 5.74) is 1.62. The van der Waals surface area contributed by atoms with Gasteiger partial charge in [-0.1, -0.05) is 0 Å². The molecule has 0 N–H and O–H groups in total. The van der Waals surface area contributed by atoms with Crippen molar-refractivity contribution in [1.29, 1.82) is 0 Å². The van der Waals surface area contributed by atoms with Gasteiger partial charge in [-0.15, -0.1) is 11.3 Å². The minimum atomic E-state index is -0.493. The van der Waals surface area contributed by atoms with Crippen molar-refractivity contribution in [2.24, 2.45) is 0 Å². The first kappa shape index (κ1) is 8.72. The van der Waals surface area contributed by atoms with Gasteiger partial charge in [0.15, 0.2) is 0 Å². The molecule has 4 heteroatoms. The van der Waals surface area contributed by atoms with Gasteiger partial charge in [-0.3, -0.25) is 0 Å². The summed E-state index contributed by atoms with van der Waals surface area (Å²) in [6, 6.07) is 0. The molecule has 1 aromatic heterocycles. The number of thiophene rings is 1. The fraction of sp³-hybridized carbons (Fsp3) is 0.444. The second-order valence-electron chi connectivity index (χ2n) is 2.98. The van der Waals surface area contributed by atoms with Gasteiger partial charge in [0.25, 0.3) is 0 Å². The number of rotatable bonds is 1.